The van der Waals surface area contributed by atoms with E-state index >= 15 is 0 Å². The minimum Gasteiger partial charge on any atom is -0.467 e. The summed E-state index contributed by atoms with van der Waals surface area (Å²) in [6, 6.07) is 17.2. The Kier molecular flexibility index (Phi) is 4.52. The second kappa shape index (κ2) is 6.92. The zero-order valence-electron chi connectivity index (χ0n) is 12.9. The molecule has 2 aromatic carbocycles. The van der Waals surface area contributed by atoms with Crippen molar-refractivity contribution in [1.29, 1.82) is 0 Å². The Labute approximate surface area is 134 Å². The molecule has 0 aliphatic heterocycles. The molecular weight excluding hydrogens is 288 g/mol. The van der Waals surface area contributed by atoms with Crippen LogP contribution in [0, 0.1) is 0 Å². The molecular formula is C19H18N2O2. The number of methoxy groups -OCH3 is 1. The van der Waals surface area contributed by atoms with Gasteiger partial charge in [-0.1, -0.05) is 48.5 Å². The van der Waals surface area contributed by atoms with Crippen molar-refractivity contribution < 1.29 is 9.53 Å². The number of fused-ring (bicyclic) bond motifs is 1. The van der Waals surface area contributed by atoms with Gasteiger partial charge in [0.1, 0.15) is 0 Å². The van der Waals surface area contributed by atoms with E-state index in [2.05, 4.69) is 9.98 Å². The number of hydrogen-bond acceptors (Lipinski definition) is 3. The van der Waals surface area contributed by atoms with Gasteiger partial charge in [0, 0.05) is 29.7 Å². The van der Waals surface area contributed by atoms with Crippen molar-refractivity contribution in [1.82, 2.24) is 4.98 Å². The number of H-pyrrole nitrogens is 1. The molecule has 3 rings (SSSR count). The second-order valence-electron chi connectivity index (χ2n) is 5.29. The van der Waals surface area contributed by atoms with Crippen molar-refractivity contribution in [3.63, 3.8) is 0 Å². The Morgan fingerprint density at radius 2 is 1.91 bits per heavy atom. The Hall–Kier alpha value is -2.88. The first-order valence-corrected chi connectivity index (χ1v) is 7.49. The van der Waals surface area contributed by atoms with Crippen molar-refractivity contribution >= 4 is 23.1 Å². The lowest BCUT2D eigenvalue weighted by Gasteiger charge is -2.09. The maximum Gasteiger partial charge on any atom is 0.330 e. The molecule has 1 N–H and O–H groups in total. The van der Waals surface area contributed by atoms with E-state index in [1.165, 1.54) is 7.11 Å². The Morgan fingerprint density at radius 1 is 1.17 bits per heavy atom. The third kappa shape index (κ3) is 3.48. The zero-order valence-corrected chi connectivity index (χ0v) is 12.9. The number of rotatable bonds is 5. The summed E-state index contributed by atoms with van der Waals surface area (Å²) in [5.41, 5.74) is 3.07. The van der Waals surface area contributed by atoms with E-state index in [0.717, 1.165) is 22.0 Å². The van der Waals surface area contributed by atoms with Crippen LogP contribution in [-0.4, -0.2) is 30.3 Å². The summed E-state index contributed by atoms with van der Waals surface area (Å²) < 4.78 is 4.90. The lowest BCUT2D eigenvalue weighted by molar-refractivity contribution is -0.142. The average Bonchev–Trinajstić information content (AvgIpc) is 3.02. The number of aromatic nitrogens is 1. The number of para-hydroxylation sites is 1. The van der Waals surface area contributed by atoms with Crippen molar-refractivity contribution in [2.75, 3.05) is 7.11 Å². The van der Waals surface area contributed by atoms with Crippen molar-refractivity contribution in [3.05, 3.63) is 71.9 Å². The summed E-state index contributed by atoms with van der Waals surface area (Å²) in [5.74, 6) is -0.331. The van der Waals surface area contributed by atoms with E-state index in [-0.39, 0.29) is 5.97 Å². The molecule has 0 saturated carbocycles. The number of esters is 1. The van der Waals surface area contributed by atoms with Gasteiger partial charge in [-0.3, -0.25) is 4.99 Å². The summed E-state index contributed by atoms with van der Waals surface area (Å²) >= 11 is 0. The second-order valence-corrected chi connectivity index (χ2v) is 5.29. The number of ether oxygens (including phenoxy) is 1. The first-order valence-electron chi connectivity index (χ1n) is 7.49. The van der Waals surface area contributed by atoms with Crippen LogP contribution in [0.4, 0.5) is 0 Å². The molecule has 3 aromatic rings. The van der Waals surface area contributed by atoms with Crippen molar-refractivity contribution in [2.24, 2.45) is 4.99 Å². The molecule has 0 radical (unpaired) electrons. The van der Waals surface area contributed by atoms with Crippen molar-refractivity contribution in [2.45, 2.75) is 12.5 Å². The molecule has 0 amide bonds. The normalized spacial score (nSPS) is 12.6. The standard InChI is InChI=1S/C19H18N2O2/c1-23-19(22)18(20-12-14-7-3-2-4-8-14)11-15-13-21-17-10-6-5-9-16(15)17/h2-10,12-13,18,21H,11H2,1H3/b20-12+/t18-/m0/s1. The van der Waals surface area contributed by atoms with E-state index in [1.54, 1.807) is 6.21 Å². The molecule has 1 heterocycles. The Bertz CT molecular complexity index is 822. The van der Waals surface area contributed by atoms with Gasteiger partial charge in [-0.05, 0) is 17.2 Å². The number of nitrogens with zero attached hydrogens (tertiary/aromatic N) is 1. The lowest BCUT2D eigenvalue weighted by Crippen LogP contribution is -2.23. The van der Waals surface area contributed by atoms with E-state index in [1.807, 2.05) is 60.8 Å². The lowest BCUT2D eigenvalue weighted by atomic mass is 10.1. The highest BCUT2D eigenvalue weighted by molar-refractivity contribution is 5.86. The minimum absolute atomic E-state index is 0.331. The number of aliphatic imine (C=N–C) groups is 1. The van der Waals surface area contributed by atoms with Gasteiger partial charge in [0.25, 0.3) is 0 Å². The predicted octanol–water partition coefficient (Wildman–Crippen LogP) is 3.37. The van der Waals surface area contributed by atoms with Crippen LogP contribution < -0.4 is 0 Å². The third-order valence-electron chi connectivity index (χ3n) is 3.76. The number of hydrogen-bond donors (Lipinski definition) is 1. The smallest absolute Gasteiger partial charge is 0.330 e. The molecule has 0 saturated heterocycles. The number of carbonyl (C=O) groups excluding carboxylic acids is 1. The maximum atomic E-state index is 12.0. The average molecular weight is 306 g/mol. The topological polar surface area (TPSA) is 54.5 Å². The first-order chi connectivity index (χ1) is 11.3. The highest BCUT2D eigenvalue weighted by Gasteiger charge is 2.19. The molecule has 1 atom stereocenters. The van der Waals surface area contributed by atoms with Gasteiger partial charge in [-0.15, -0.1) is 0 Å². The van der Waals surface area contributed by atoms with Gasteiger partial charge in [0.05, 0.1) is 7.11 Å². The van der Waals surface area contributed by atoms with Crippen LogP contribution in [0.1, 0.15) is 11.1 Å². The first kappa shape index (κ1) is 15.0. The van der Waals surface area contributed by atoms with Crippen LogP contribution in [-0.2, 0) is 16.0 Å². The summed E-state index contributed by atoms with van der Waals surface area (Å²) in [7, 11) is 1.39. The van der Waals surface area contributed by atoms with E-state index in [4.69, 9.17) is 4.74 Å². The van der Waals surface area contributed by atoms with Crippen LogP contribution in [0.5, 0.6) is 0 Å². The van der Waals surface area contributed by atoms with Crippen molar-refractivity contribution in [3.8, 4) is 0 Å². The fourth-order valence-electron chi connectivity index (χ4n) is 2.56. The minimum atomic E-state index is -0.556. The highest BCUT2D eigenvalue weighted by atomic mass is 16.5. The highest BCUT2D eigenvalue weighted by Crippen LogP contribution is 2.20. The van der Waals surface area contributed by atoms with Crippen LogP contribution in [0.15, 0.2) is 65.8 Å². The van der Waals surface area contributed by atoms with Crippen LogP contribution in [0.25, 0.3) is 10.9 Å². The van der Waals surface area contributed by atoms with Gasteiger partial charge >= 0.3 is 5.97 Å². The van der Waals surface area contributed by atoms with Gasteiger partial charge in [-0.25, -0.2) is 4.79 Å². The maximum absolute atomic E-state index is 12.0. The zero-order chi connectivity index (χ0) is 16.1. The fraction of sp³-hybridized carbons (Fsp3) is 0.158. The van der Waals surface area contributed by atoms with Gasteiger partial charge in [-0.2, -0.15) is 0 Å². The molecule has 4 heteroatoms. The van der Waals surface area contributed by atoms with Crippen LogP contribution in [0.2, 0.25) is 0 Å². The van der Waals surface area contributed by atoms with Gasteiger partial charge < -0.3 is 9.72 Å². The summed E-state index contributed by atoms with van der Waals surface area (Å²) in [4.78, 5) is 19.7. The number of aromatic amines is 1. The summed E-state index contributed by atoms with van der Waals surface area (Å²) in [6.45, 7) is 0. The van der Waals surface area contributed by atoms with Crippen LogP contribution >= 0.6 is 0 Å². The molecule has 116 valence electrons. The molecule has 23 heavy (non-hydrogen) atoms. The number of nitrogens with one attached hydrogen (secondary N) is 1. The molecule has 1 aromatic heterocycles. The van der Waals surface area contributed by atoms with E-state index in [0.29, 0.717) is 6.42 Å². The molecule has 0 fully saturated rings. The Morgan fingerprint density at radius 3 is 2.70 bits per heavy atom. The fourth-order valence-corrected chi connectivity index (χ4v) is 2.56. The van der Waals surface area contributed by atoms with Crippen LogP contribution in [0.3, 0.4) is 0 Å². The summed E-state index contributed by atoms with van der Waals surface area (Å²) in [6.07, 6.45) is 4.15. The number of benzene rings is 2. The quantitative estimate of drug-likeness (QED) is 0.580. The Balaban J connectivity index is 1.85. The molecule has 0 aliphatic carbocycles. The largest absolute Gasteiger partial charge is 0.467 e. The molecule has 4 nitrogen and oxygen atoms in total. The molecule has 0 spiro atoms. The molecule has 0 aliphatic rings. The van der Waals surface area contributed by atoms with E-state index in [9.17, 15) is 4.79 Å². The number of carbonyl (C=O) groups is 1. The van der Waals surface area contributed by atoms with E-state index < -0.39 is 6.04 Å². The monoisotopic (exact) mass is 306 g/mol. The molecule has 0 bridgehead atoms. The molecule has 0 unspecified atom stereocenters. The summed E-state index contributed by atoms with van der Waals surface area (Å²) in [5, 5.41) is 1.11. The third-order valence-corrected chi connectivity index (χ3v) is 3.76. The SMILES string of the molecule is COC(=O)[C@H](Cc1c[nH]c2ccccc12)/N=C/c1ccccc1. The predicted molar refractivity (Wildman–Crippen MR) is 91.8 cm³/mol. The van der Waals surface area contributed by atoms with Gasteiger partial charge in [0.15, 0.2) is 6.04 Å². The van der Waals surface area contributed by atoms with Gasteiger partial charge in [0.2, 0.25) is 0 Å².